The largest absolute Gasteiger partial charge is 0.354 e. The van der Waals surface area contributed by atoms with E-state index in [4.69, 9.17) is 11.6 Å². The Morgan fingerprint density at radius 3 is 2.47 bits per heavy atom. The van der Waals surface area contributed by atoms with Gasteiger partial charge in [-0.05, 0) is 62.1 Å². The number of halogens is 2. The Labute approximate surface area is 228 Å². The predicted molar refractivity (Wildman–Crippen MR) is 150 cm³/mol. The Morgan fingerprint density at radius 1 is 1.14 bits per heavy atom. The summed E-state index contributed by atoms with van der Waals surface area (Å²) in [6.45, 7) is 6.47. The number of amides is 2. The third-order valence-corrected chi connectivity index (χ3v) is 7.98. The molecule has 0 heterocycles. The molecule has 0 aliphatic carbocycles. The summed E-state index contributed by atoms with van der Waals surface area (Å²) >= 11 is 9.66. The van der Waals surface area contributed by atoms with Gasteiger partial charge in [0.05, 0.1) is 11.9 Å². The van der Waals surface area contributed by atoms with Gasteiger partial charge in [-0.2, -0.15) is 0 Å². The third kappa shape index (κ3) is 8.78. The molecule has 0 aliphatic heterocycles. The van der Waals surface area contributed by atoms with Gasteiger partial charge in [0, 0.05) is 35.6 Å². The molecular weight excluding hydrogens is 566 g/mol. The molecule has 10 heteroatoms. The van der Waals surface area contributed by atoms with E-state index in [0.717, 1.165) is 29.1 Å². The maximum atomic E-state index is 13.3. The fourth-order valence-corrected chi connectivity index (χ4v) is 5.43. The van der Waals surface area contributed by atoms with Gasteiger partial charge in [0.15, 0.2) is 0 Å². The Kier molecular flexibility index (Phi) is 11.7. The van der Waals surface area contributed by atoms with Crippen LogP contribution in [0.25, 0.3) is 0 Å². The van der Waals surface area contributed by atoms with E-state index in [9.17, 15) is 18.0 Å². The lowest BCUT2D eigenvalue weighted by Crippen LogP contribution is -2.48. The molecule has 1 unspecified atom stereocenters. The molecule has 198 valence electrons. The number of nitrogens with one attached hydrogen (secondary N) is 1. The maximum Gasteiger partial charge on any atom is 0.242 e. The summed E-state index contributed by atoms with van der Waals surface area (Å²) in [5.41, 5.74) is 2.04. The maximum absolute atomic E-state index is 13.3. The molecule has 2 rings (SSSR count). The van der Waals surface area contributed by atoms with Gasteiger partial charge < -0.3 is 10.2 Å². The van der Waals surface area contributed by atoms with Crippen molar-refractivity contribution in [1.29, 1.82) is 0 Å². The van der Waals surface area contributed by atoms with Gasteiger partial charge in [0.25, 0.3) is 0 Å². The fourth-order valence-electron chi connectivity index (χ4n) is 3.80. The molecule has 0 aromatic heterocycles. The summed E-state index contributed by atoms with van der Waals surface area (Å²) in [5, 5.41) is 3.37. The molecule has 0 radical (unpaired) electrons. The van der Waals surface area contributed by atoms with Gasteiger partial charge in [-0.3, -0.25) is 13.9 Å². The molecule has 0 saturated carbocycles. The van der Waals surface area contributed by atoms with Crippen LogP contribution >= 0.6 is 27.5 Å². The van der Waals surface area contributed by atoms with E-state index in [-0.39, 0.29) is 37.7 Å². The second-order valence-corrected chi connectivity index (χ2v) is 12.0. The first kappa shape index (κ1) is 30.1. The molecule has 36 heavy (non-hydrogen) atoms. The molecule has 0 saturated heterocycles. The second-order valence-electron chi connectivity index (χ2n) is 8.79. The highest BCUT2D eigenvalue weighted by molar-refractivity contribution is 9.10. The van der Waals surface area contributed by atoms with Crippen LogP contribution in [0.1, 0.15) is 50.7 Å². The SMILES string of the molecule is CCCCNC(=O)C(C)N(Cc1cccc(Br)c1)C(=O)CCCN(c1cccc(Cl)c1C)S(C)(=O)=O. The summed E-state index contributed by atoms with van der Waals surface area (Å²) < 4.78 is 27.2. The number of carbonyl (C=O) groups excluding carboxylic acids is 2. The summed E-state index contributed by atoms with van der Waals surface area (Å²) in [5.74, 6) is -0.427. The Bertz CT molecular complexity index is 1160. The second kappa shape index (κ2) is 14.0. The first-order valence-electron chi connectivity index (χ1n) is 12.0. The average Bonchev–Trinajstić information content (AvgIpc) is 2.81. The van der Waals surface area contributed by atoms with Gasteiger partial charge in [0.2, 0.25) is 21.8 Å². The molecule has 2 amide bonds. The van der Waals surface area contributed by atoms with Crippen LogP contribution in [0.15, 0.2) is 46.9 Å². The van der Waals surface area contributed by atoms with Crippen molar-refractivity contribution in [3.8, 4) is 0 Å². The van der Waals surface area contributed by atoms with Crippen molar-refractivity contribution in [2.45, 2.75) is 59.0 Å². The smallest absolute Gasteiger partial charge is 0.242 e. The van der Waals surface area contributed by atoms with Crippen LogP contribution in [0, 0.1) is 6.92 Å². The van der Waals surface area contributed by atoms with E-state index in [2.05, 4.69) is 21.2 Å². The number of nitrogens with zero attached hydrogens (tertiary/aromatic N) is 2. The molecule has 2 aromatic carbocycles. The lowest BCUT2D eigenvalue weighted by atomic mass is 10.1. The molecular formula is C26H35BrClN3O4S. The van der Waals surface area contributed by atoms with E-state index in [1.165, 1.54) is 4.31 Å². The van der Waals surface area contributed by atoms with Crippen molar-refractivity contribution in [2.75, 3.05) is 23.7 Å². The lowest BCUT2D eigenvalue weighted by molar-refractivity contribution is -0.140. The highest BCUT2D eigenvalue weighted by atomic mass is 79.9. The van der Waals surface area contributed by atoms with Gasteiger partial charge in [0.1, 0.15) is 6.04 Å². The number of benzene rings is 2. The number of hydrogen-bond donors (Lipinski definition) is 1. The zero-order valence-electron chi connectivity index (χ0n) is 21.3. The normalized spacial score (nSPS) is 12.2. The quantitative estimate of drug-likeness (QED) is 0.317. The summed E-state index contributed by atoms with van der Waals surface area (Å²) in [6.07, 6.45) is 3.33. The number of carbonyl (C=O) groups is 2. The Morgan fingerprint density at radius 2 is 1.83 bits per heavy atom. The number of anilines is 1. The number of hydrogen-bond acceptors (Lipinski definition) is 4. The predicted octanol–water partition coefficient (Wildman–Crippen LogP) is 5.29. The fraction of sp³-hybridized carbons (Fsp3) is 0.462. The topological polar surface area (TPSA) is 86.8 Å². The van der Waals surface area contributed by atoms with Crippen molar-refractivity contribution >= 4 is 55.1 Å². The van der Waals surface area contributed by atoms with Gasteiger partial charge in [-0.1, -0.05) is 59.1 Å². The third-order valence-electron chi connectivity index (χ3n) is 5.90. The van der Waals surface area contributed by atoms with Crippen LogP contribution in [-0.2, 0) is 26.2 Å². The Balaban J connectivity index is 2.18. The summed E-state index contributed by atoms with van der Waals surface area (Å²) in [6, 6.07) is 12.0. The van der Waals surface area contributed by atoms with Crippen LogP contribution in [0.3, 0.4) is 0 Å². The number of unbranched alkanes of at least 4 members (excludes halogenated alkanes) is 1. The van der Waals surface area contributed by atoms with Crippen LogP contribution in [-0.4, -0.2) is 50.5 Å². The molecule has 2 aromatic rings. The molecule has 0 fully saturated rings. The minimum Gasteiger partial charge on any atom is -0.354 e. The van der Waals surface area contributed by atoms with E-state index < -0.39 is 16.1 Å². The molecule has 0 spiro atoms. The molecule has 0 bridgehead atoms. The Hall–Kier alpha value is -2.10. The highest BCUT2D eigenvalue weighted by Gasteiger charge is 2.27. The van der Waals surface area contributed by atoms with Crippen molar-refractivity contribution in [1.82, 2.24) is 10.2 Å². The van der Waals surface area contributed by atoms with Crippen molar-refractivity contribution in [3.63, 3.8) is 0 Å². The van der Waals surface area contributed by atoms with E-state index in [1.54, 1.807) is 36.9 Å². The lowest BCUT2D eigenvalue weighted by Gasteiger charge is -2.29. The van der Waals surface area contributed by atoms with Crippen molar-refractivity contribution < 1.29 is 18.0 Å². The summed E-state index contributed by atoms with van der Waals surface area (Å²) in [4.78, 5) is 27.7. The van der Waals surface area contributed by atoms with Gasteiger partial charge in [-0.25, -0.2) is 8.42 Å². The first-order valence-corrected chi connectivity index (χ1v) is 15.0. The van der Waals surface area contributed by atoms with Crippen LogP contribution in [0.2, 0.25) is 5.02 Å². The average molecular weight is 601 g/mol. The standard InChI is InChI=1S/C26H35BrClN3O4S/c1-5-6-15-29-26(33)20(3)30(18-21-10-7-11-22(27)17-21)25(32)14-9-16-31(36(4,34)35)24-13-8-12-23(28)19(24)2/h7-8,10-13,17,20H,5-6,9,14-16,18H2,1-4H3,(H,29,33). The molecule has 1 N–H and O–H groups in total. The number of rotatable bonds is 13. The first-order chi connectivity index (χ1) is 17.0. The minimum atomic E-state index is -3.59. The molecule has 1 atom stereocenters. The highest BCUT2D eigenvalue weighted by Crippen LogP contribution is 2.28. The molecule has 0 aliphatic rings. The van der Waals surface area contributed by atoms with Crippen LogP contribution in [0.4, 0.5) is 5.69 Å². The number of sulfonamides is 1. The summed E-state index contributed by atoms with van der Waals surface area (Å²) in [7, 11) is -3.59. The van der Waals surface area contributed by atoms with E-state index >= 15 is 0 Å². The van der Waals surface area contributed by atoms with Gasteiger partial charge >= 0.3 is 0 Å². The van der Waals surface area contributed by atoms with E-state index in [1.807, 2.05) is 31.2 Å². The zero-order chi connectivity index (χ0) is 26.9. The zero-order valence-corrected chi connectivity index (χ0v) is 24.4. The van der Waals surface area contributed by atoms with Crippen LogP contribution < -0.4 is 9.62 Å². The van der Waals surface area contributed by atoms with Crippen molar-refractivity contribution in [2.24, 2.45) is 0 Å². The minimum absolute atomic E-state index is 0.0895. The molecule has 7 nitrogen and oxygen atoms in total. The van der Waals surface area contributed by atoms with E-state index in [0.29, 0.717) is 22.8 Å². The van der Waals surface area contributed by atoms with Gasteiger partial charge in [-0.15, -0.1) is 0 Å². The van der Waals surface area contributed by atoms with Crippen LogP contribution in [0.5, 0.6) is 0 Å². The van der Waals surface area contributed by atoms with Crippen molar-refractivity contribution in [3.05, 3.63) is 63.1 Å². The monoisotopic (exact) mass is 599 g/mol.